The zero-order chi connectivity index (χ0) is 38.5. The zero-order valence-corrected chi connectivity index (χ0v) is 29.1. The molecule has 0 spiro atoms. The van der Waals surface area contributed by atoms with Gasteiger partial charge in [-0.25, -0.2) is 0 Å². The summed E-state index contributed by atoms with van der Waals surface area (Å²) in [5, 5.41) is 0.939. The van der Waals surface area contributed by atoms with Crippen LogP contribution in [0.2, 0.25) is 5.54 Å². The molecule has 2 heterocycles. The number of pyridine rings is 1. The number of nitrogens with zero attached hydrogens (tertiary/aromatic N) is 1. The van der Waals surface area contributed by atoms with Gasteiger partial charge in [-0.3, -0.25) is 4.98 Å². The molecule has 0 amide bonds. The number of halogens is 13. The molecular formula is C34H40F13NO2Si. The topological polar surface area (TPSA) is 31.4 Å². The van der Waals surface area contributed by atoms with Gasteiger partial charge in [-0.05, 0) is 60.0 Å². The van der Waals surface area contributed by atoms with Crippen LogP contribution in [0.1, 0.15) is 96.5 Å². The van der Waals surface area contributed by atoms with Gasteiger partial charge in [-0.15, -0.1) is 0 Å². The Labute approximate surface area is 290 Å². The van der Waals surface area contributed by atoms with Crippen LogP contribution in [-0.4, -0.2) is 56.6 Å². The standard InChI is InChI=1S/C34H40F13NO2Si/c1-4-5-6-10-21(2)11-9-12-23(15-14-22(3)51-27-13-7-8-18-48-27)24-16-17-25-26(19-24)50-28(49-25)20-29(35,36)30(37,38)31(39,40)32(41,42)33(43,44)34(45,46)47/h7-8,13,16-19,21-23,28H,4-6,9-12,14-15,20H2,1-3H3. The van der Waals surface area contributed by atoms with Crippen molar-refractivity contribution in [3.05, 3.63) is 48.2 Å². The largest absolute Gasteiger partial charge is 0.460 e. The fourth-order valence-electron chi connectivity index (χ4n) is 5.80. The molecule has 17 heteroatoms. The van der Waals surface area contributed by atoms with E-state index in [4.69, 9.17) is 9.47 Å². The highest BCUT2D eigenvalue weighted by Gasteiger charge is 2.90. The Morgan fingerprint density at radius 2 is 1.31 bits per heavy atom. The number of ether oxygens (including phenoxy) is 2. The van der Waals surface area contributed by atoms with E-state index < -0.39 is 48.5 Å². The van der Waals surface area contributed by atoms with Gasteiger partial charge in [0.25, 0.3) is 0 Å². The van der Waals surface area contributed by atoms with Crippen molar-refractivity contribution in [2.45, 2.75) is 139 Å². The highest BCUT2D eigenvalue weighted by Crippen LogP contribution is 2.61. The van der Waals surface area contributed by atoms with Crippen molar-refractivity contribution in [3.8, 4) is 11.5 Å². The summed E-state index contributed by atoms with van der Waals surface area (Å²) in [6, 6.07) is 9.88. The predicted molar refractivity (Wildman–Crippen MR) is 165 cm³/mol. The first-order valence-corrected chi connectivity index (χ1v) is 17.7. The summed E-state index contributed by atoms with van der Waals surface area (Å²) in [6.45, 7) is 6.36. The Bertz CT molecular complexity index is 1390. The molecule has 1 aromatic carbocycles. The minimum atomic E-state index is -7.96. The lowest BCUT2D eigenvalue weighted by Gasteiger charge is -2.39. The summed E-state index contributed by atoms with van der Waals surface area (Å²) < 4.78 is 187. The molecule has 3 rings (SSSR count). The fraction of sp³-hybridized carbons (Fsp3) is 0.676. The van der Waals surface area contributed by atoms with Crippen molar-refractivity contribution in [2.24, 2.45) is 5.92 Å². The Morgan fingerprint density at radius 1 is 0.686 bits per heavy atom. The molecule has 0 aliphatic carbocycles. The molecule has 1 aliphatic heterocycles. The van der Waals surface area contributed by atoms with E-state index in [1.807, 2.05) is 18.2 Å². The quantitative estimate of drug-likeness (QED) is 0.0764. The minimum absolute atomic E-state index is 0.0845. The van der Waals surface area contributed by atoms with Gasteiger partial charge in [-0.1, -0.05) is 77.8 Å². The van der Waals surface area contributed by atoms with Gasteiger partial charge in [0.1, 0.15) is 9.52 Å². The Morgan fingerprint density at radius 3 is 1.92 bits per heavy atom. The van der Waals surface area contributed by atoms with Crippen LogP contribution in [-0.2, 0) is 0 Å². The highest BCUT2D eigenvalue weighted by atomic mass is 28.2. The average Bonchev–Trinajstić information content (AvgIpc) is 3.43. The second-order valence-electron chi connectivity index (χ2n) is 13.1. The van der Waals surface area contributed by atoms with Crippen molar-refractivity contribution in [2.75, 3.05) is 0 Å². The van der Waals surface area contributed by atoms with Gasteiger partial charge in [0.15, 0.2) is 11.5 Å². The lowest BCUT2D eigenvalue weighted by molar-refractivity contribution is -0.441. The van der Waals surface area contributed by atoms with Gasteiger partial charge in [0, 0.05) is 11.5 Å². The van der Waals surface area contributed by atoms with Crippen LogP contribution in [0.15, 0.2) is 42.6 Å². The first kappa shape index (κ1) is 42.7. The van der Waals surface area contributed by atoms with E-state index in [0.29, 0.717) is 27.4 Å². The van der Waals surface area contributed by atoms with Crippen LogP contribution in [0.25, 0.3) is 0 Å². The molecule has 0 N–H and O–H groups in total. The molecule has 2 radical (unpaired) electrons. The Kier molecular flexibility index (Phi) is 13.8. The maximum atomic E-state index is 14.6. The zero-order valence-electron chi connectivity index (χ0n) is 28.1. The van der Waals surface area contributed by atoms with Crippen LogP contribution < -0.4 is 14.8 Å². The van der Waals surface area contributed by atoms with Gasteiger partial charge in [-0.2, -0.15) is 57.1 Å². The molecular weight excluding hydrogens is 729 g/mol. The Hall–Kier alpha value is -2.72. The van der Waals surface area contributed by atoms with E-state index in [-0.39, 0.29) is 23.0 Å². The first-order valence-electron chi connectivity index (χ1n) is 16.6. The number of aromatic nitrogens is 1. The maximum Gasteiger partial charge on any atom is 0.460 e. The summed E-state index contributed by atoms with van der Waals surface area (Å²) in [5.74, 6) is -37.5. The van der Waals surface area contributed by atoms with E-state index in [2.05, 4.69) is 25.8 Å². The third-order valence-electron chi connectivity index (χ3n) is 8.93. The molecule has 3 nitrogen and oxygen atoms in total. The molecule has 4 atom stereocenters. The minimum Gasteiger partial charge on any atom is -0.451 e. The second-order valence-corrected chi connectivity index (χ2v) is 14.9. The summed E-state index contributed by atoms with van der Waals surface area (Å²) >= 11 is 0. The molecule has 0 fully saturated rings. The van der Waals surface area contributed by atoms with Crippen LogP contribution in [0, 0.1) is 5.92 Å². The summed E-state index contributed by atoms with van der Waals surface area (Å²) in [7, 11) is 0.425. The maximum absolute atomic E-state index is 14.6. The van der Waals surface area contributed by atoms with E-state index in [1.54, 1.807) is 12.3 Å². The average molecular weight is 770 g/mol. The van der Waals surface area contributed by atoms with Gasteiger partial charge in [0.05, 0.1) is 6.42 Å². The fourth-order valence-corrected chi connectivity index (χ4v) is 6.96. The molecule has 0 saturated heterocycles. The number of unbranched alkanes of at least 4 members (excludes halogenated alkanes) is 2. The van der Waals surface area contributed by atoms with Crippen molar-refractivity contribution < 1.29 is 66.5 Å². The molecule has 0 saturated carbocycles. The van der Waals surface area contributed by atoms with Crippen molar-refractivity contribution in [1.82, 2.24) is 4.98 Å². The monoisotopic (exact) mass is 769 g/mol. The van der Waals surface area contributed by atoms with E-state index in [9.17, 15) is 57.1 Å². The third kappa shape index (κ3) is 9.64. The third-order valence-corrected chi connectivity index (χ3v) is 10.3. The van der Waals surface area contributed by atoms with Crippen LogP contribution in [0.3, 0.4) is 0 Å². The highest BCUT2D eigenvalue weighted by molar-refractivity contribution is 6.53. The molecule has 2 aromatic rings. The second kappa shape index (κ2) is 16.5. The lowest BCUT2D eigenvalue weighted by atomic mass is 9.87. The van der Waals surface area contributed by atoms with Crippen molar-refractivity contribution >= 4 is 14.8 Å². The van der Waals surface area contributed by atoms with Crippen molar-refractivity contribution in [1.29, 1.82) is 0 Å². The van der Waals surface area contributed by atoms with E-state index >= 15 is 0 Å². The van der Waals surface area contributed by atoms with Crippen LogP contribution in [0.4, 0.5) is 57.1 Å². The molecule has 1 aromatic heterocycles. The number of rotatable bonds is 20. The lowest BCUT2D eigenvalue weighted by Crippen LogP contribution is -2.70. The molecule has 4 unspecified atom stereocenters. The van der Waals surface area contributed by atoms with E-state index in [1.165, 1.54) is 12.1 Å². The molecule has 51 heavy (non-hydrogen) atoms. The molecule has 288 valence electrons. The van der Waals surface area contributed by atoms with Crippen LogP contribution >= 0.6 is 0 Å². The normalized spacial score (nSPS) is 17.8. The molecule has 0 bridgehead atoms. The van der Waals surface area contributed by atoms with Gasteiger partial charge >= 0.3 is 35.8 Å². The SMILES string of the molecule is CCCCCC(C)CCCC(CCC(C)[Si]c1ccccn1)c1ccc2c(c1)OC(CC(F)(F)C(F)(F)C(F)(F)C(F)(F)C(F)(F)C(F)(F)F)O2. The molecule has 1 aliphatic rings. The van der Waals surface area contributed by atoms with E-state index in [0.717, 1.165) is 56.7 Å². The summed E-state index contributed by atoms with van der Waals surface area (Å²) in [6.07, 6.45) is -2.46. The van der Waals surface area contributed by atoms with Crippen molar-refractivity contribution in [3.63, 3.8) is 0 Å². The van der Waals surface area contributed by atoms with Gasteiger partial charge < -0.3 is 9.47 Å². The first-order chi connectivity index (χ1) is 23.5. The van der Waals surface area contributed by atoms with Crippen LogP contribution in [0.5, 0.6) is 11.5 Å². The Balaban J connectivity index is 1.76. The van der Waals surface area contributed by atoms with Gasteiger partial charge in [0.2, 0.25) is 6.29 Å². The summed E-state index contributed by atoms with van der Waals surface area (Å²) in [5.41, 5.74) is 0.918. The number of benzene rings is 1. The predicted octanol–water partition coefficient (Wildman–Crippen LogP) is 11.4. The smallest absolute Gasteiger partial charge is 0.451 e. The number of hydrogen-bond donors (Lipinski definition) is 0. The summed E-state index contributed by atoms with van der Waals surface area (Å²) in [4.78, 5) is 4.36. The number of alkyl halides is 13. The number of hydrogen-bond acceptors (Lipinski definition) is 3. The number of fused-ring (bicyclic) bond motifs is 1.